The molecule has 1 aromatic carbocycles. The van der Waals surface area contributed by atoms with E-state index in [1.165, 1.54) is 0 Å². The fourth-order valence-electron chi connectivity index (χ4n) is 2.54. The van der Waals surface area contributed by atoms with E-state index in [9.17, 15) is 9.59 Å². The van der Waals surface area contributed by atoms with Gasteiger partial charge in [0, 0.05) is 12.6 Å². The predicted molar refractivity (Wildman–Crippen MR) is 92.2 cm³/mol. The van der Waals surface area contributed by atoms with Gasteiger partial charge >= 0.3 is 12.0 Å². The van der Waals surface area contributed by atoms with Crippen molar-refractivity contribution in [2.75, 3.05) is 6.54 Å². The fourth-order valence-corrected chi connectivity index (χ4v) is 2.54. The first-order valence-electron chi connectivity index (χ1n) is 8.23. The molecule has 0 aliphatic rings. The Balaban J connectivity index is 2.32. The summed E-state index contributed by atoms with van der Waals surface area (Å²) in [5.41, 5.74) is 1.71. The number of hydrogen-bond acceptors (Lipinski definition) is 3. The summed E-state index contributed by atoms with van der Waals surface area (Å²) in [4.78, 5) is 27.4. The molecule has 7 heteroatoms. The molecule has 0 aliphatic heterocycles. The molecule has 0 bridgehead atoms. The smallest absolute Gasteiger partial charge is 0.335 e. The first kappa shape index (κ1) is 17.8. The van der Waals surface area contributed by atoms with Crippen LogP contribution in [0.25, 0.3) is 11.0 Å². The summed E-state index contributed by atoms with van der Waals surface area (Å²) >= 11 is 0. The summed E-state index contributed by atoms with van der Waals surface area (Å²) in [6.45, 7) is 7.05. The van der Waals surface area contributed by atoms with Gasteiger partial charge in [0.15, 0.2) is 0 Å². The molecule has 1 atom stereocenters. The number of nitrogens with one attached hydrogen (secondary N) is 2. The average Bonchev–Trinajstić information content (AvgIpc) is 2.94. The monoisotopic (exact) mass is 332 g/mol. The van der Waals surface area contributed by atoms with Crippen molar-refractivity contribution in [1.82, 2.24) is 20.2 Å². The van der Waals surface area contributed by atoms with E-state index >= 15 is 0 Å². The molecule has 0 spiro atoms. The molecule has 130 valence electrons. The third-order valence-electron chi connectivity index (χ3n) is 3.98. The minimum Gasteiger partial charge on any atom is -0.478 e. The zero-order valence-electron chi connectivity index (χ0n) is 14.3. The molecule has 24 heavy (non-hydrogen) atoms. The van der Waals surface area contributed by atoms with E-state index in [0.717, 1.165) is 18.4 Å². The molecular formula is C17H24N4O3. The van der Waals surface area contributed by atoms with Gasteiger partial charge < -0.3 is 20.3 Å². The highest BCUT2D eigenvalue weighted by atomic mass is 16.4. The Hall–Kier alpha value is -2.57. The maximum absolute atomic E-state index is 11.7. The van der Waals surface area contributed by atoms with Crippen LogP contribution in [0.5, 0.6) is 0 Å². The maximum Gasteiger partial charge on any atom is 0.335 e. The first-order chi connectivity index (χ1) is 11.5. The Morgan fingerprint density at radius 3 is 2.67 bits per heavy atom. The second kappa shape index (κ2) is 7.81. The largest absolute Gasteiger partial charge is 0.478 e. The number of amides is 2. The first-order valence-corrected chi connectivity index (χ1v) is 8.23. The number of carbonyl (C=O) groups is 2. The lowest BCUT2D eigenvalue weighted by Crippen LogP contribution is -2.36. The topological polar surface area (TPSA) is 96.2 Å². The number of benzene rings is 1. The number of aromatic carboxylic acids is 1. The van der Waals surface area contributed by atoms with Crippen molar-refractivity contribution in [2.45, 2.75) is 46.2 Å². The van der Waals surface area contributed by atoms with Crippen LogP contribution in [-0.2, 0) is 6.54 Å². The van der Waals surface area contributed by atoms with E-state index in [4.69, 9.17) is 5.11 Å². The highest BCUT2D eigenvalue weighted by Gasteiger charge is 2.17. The molecule has 2 aromatic rings. The van der Waals surface area contributed by atoms with Gasteiger partial charge in [-0.3, -0.25) is 0 Å². The Bertz CT molecular complexity index is 739. The molecule has 3 N–H and O–H groups in total. The normalized spacial score (nSPS) is 12.1. The highest BCUT2D eigenvalue weighted by Crippen LogP contribution is 2.24. The number of carboxylic acid groups (broad SMARTS) is 1. The number of carbonyl (C=O) groups excluding carboxylic acids is 1. The molecule has 0 fully saturated rings. The maximum atomic E-state index is 11.7. The Labute approximate surface area is 141 Å². The third-order valence-corrected chi connectivity index (χ3v) is 3.98. The van der Waals surface area contributed by atoms with Gasteiger partial charge in [0.2, 0.25) is 0 Å². The number of nitrogens with zero attached hydrogens (tertiary/aromatic N) is 2. The molecular weight excluding hydrogens is 308 g/mol. The third kappa shape index (κ3) is 3.84. The minimum atomic E-state index is -0.978. The van der Waals surface area contributed by atoms with Gasteiger partial charge in [0.1, 0.15) is 5.82 Å². The molecule has 2 amide bonds. The molecule has 2 rings (SSSR count). The number of aromatic nitrogens is 2. The van der Waals surface area contributed by atoms with Crippen LogP contribution >= 0.6 is 0 Å². The summed E-state index contributed by atoms with van der Waals surface area (Å²) in [7, 11) is 0. The zero-order valence-corrected chi connectivity index (χ0v) is 14.3. The Morgan fingerprint density at radius 1 is 1.29 bits per heavy atom. The van der Waals surface area contributed by atoms with Crippen LogP contribution in [0.2, 0.25) is 0 Å². The van der Waals surface area contributed by atoms with E-state index in [2.05, 4.69) is 34.0 Å². The van der Waals surface area contributed by atoms with E-state index in [1.54, 1.807) is 18.2 Å². The second-order valence-corrected chi connectivity index (χ2v) is 5.77. The van der Waals surface area contributed by atoms with Crippen molar-refractivity contribution in [2.24, 2.45) is 0 Å². The van der Waals surface area contributed by atoms with E-state index < -0.39 is 5.97 Å². The number of fused-ring (bicyclic) bond motifs is 1. The van der Waals surface area contributed by atoms with Crippen molar-refractivity contribution in [1.29, 1.82) is 0 Å². The molecule has 0 saturated heterocycles. The van der Waals surface area contributed by atoms with Crippen LogP contribution in [0.1, 0.15) is 55.8 Å². The molecule has 0 saturated carbocycles. The van der Waals surface area contributed by atoms with Crippen LogP contribution < -0.4 is 10.6 Å². The number of urea groups is 1. The van der Waals surface area contributed by atoms with Crippen molar-refractivity contribution < 1.29 is 14.7 Å². The Kier molecular flexibility index (Phi) is 5.78. The molecule has 1 heterocycles. The van der Waals surface area contributed by atoms with Crippen molar-refractivity contribution >= 4 is 23.0 Å². The zero-order chi connectivity index (χ0) is 17.7. The molecule has 0 aliphatic carbocycles. The number of hydrogen-bond donors (Lipinski definition) is 3. The summed E-state index contributed by atoms with van der Waals surface area (Å²) in [6.07, 6.45) is 1.78. The lowest BCUT2D eigenvalue weighted by molar-refractivity contribution is 0.0697. The van der Waals surface area contributed by atoms with Crippen LogP contribution in [-0.4, -0.2) is 33.2 Å². The van der Waals surface area contributed by atoms with Crippen LogP contribution in [0.15, 0.2) is 18.2 Å². The Morgan fingerprint density at radius 2 is 2.04 bits per heavy atom. The lowest BCUT2D eigenvalue weighted by Gasteiger charge is -2.16. The van der Waals surface area contributed by atoms with Gasteiger partial charge in [-0.05, 0) is 38.0 Å². The highest BCUT2D eigenvalue weighted by molar-refractivity contribution is 5.92. The minimum absolute atomic E-state index is 0.196. The summed E-state index contributed by atoms with van der Waals surface area (Å²) in [5.74, 6) is -0.262. The van der Waals surface area contributed by atoms with Crippen molar-refractivity contribution in [3.05, 3.63) is 29.6 Å². The lowest BCUT2D eigenvalue weighted by atomic mass is 10.2. The van der Waals surface area contributed by atoms with Gasteiger partial charge in [-0.15, -0.1) is 0 Å². The quantitative estimate of drug-likeness (QED) is 0.726. The summed E-state index contributed by atoms with van der Waals surface area (Å²) in [6, 6.07) is 4.89. The second-order valence-electron chi connectivity index (χ2n) is 5.77. The van der Waals surface area contributed by atoms with Crippen molar-refractivity contribution in [3.8, 4) is 0 Å². The molecule has 1 aromatic heterocycles. The number of rotatable bonds is 7. The SMILES string of the molecule is CCCNC(=O)NCc1nc2cc(C(=O)O)ccc2n1C(C)CC. The van der Waals surface area contributed by atoms with Gasteiger partial charge in [0.05, 0.1) is 23.1 Å². The molecule has 7 nitrogen and oxygen atoms in total. The van der Waals surface area contributed by atoms with E-state index in [-0.39, 0.29) is 24.2 Å². The van der Waals surface area contributed by atoms with E-state index in [1.807, 2.05) is 6.92 Å². The molecule has 1 unspecified atom stereocenters. The number of carboxylic acids is 1. The van der Waals surface area contributed by atoms with Crippen LogP contribution in [0.3, 0.4) is 0 Å². The van der Waals surface area contributed by atoms with E-state index in [0.29, 0.717) is 17.9 Å². The molecule has 0 radical (unpaired) electrons. The van der Waals surface area contributed by atoms with Crippen LogP contribution in [0.4, 0.5) is 4.79 Å². The average molecular weight is 332 g/mol. The van der Waals surface area contributed by atoms with Gasteiger partial charge in [-0.1, -0.05) is 13.8 Å². The van der Waals surface area contributed by atoms with Gasteiger partial charge in [0.25, 0.3) is 0 Å². The number of imidazole rings is 1. The predicted octanol–water partition coefficient (Wildman–Crippen LogP) is 2.91. The van der Waals surface area contributed by atoms with Crippen molar-refractivity contribution in [3.63, 3.8) is 0 Å². The summed E-state index contributed by atoms with van der Waals surface area (Å²) in [5, 5.41) is 14.7. The van der Waals surface area contributed by atoms with Gasteiger partial charge in [-0.2, -0.15) is 0 Å². The van der Waals surface area contributed by atoms with Crippen LogP contribution in [0, 0.1) is 0 Å². The summed E-state index contributed by atoms with van der Waals surface area (Å²) < 4.78 is 2.06. The standard InChI is InChI=1S/C17H24N4O3/c1-4-8-18-17(24)19-10-15-20-13-9-12(16(22)23)6-7-14(13)21(15)11(3)5-2/h6-7,9,11H,4-5,8,10H2,1-3H3,(H,22,23)(H2,18,19,24). The van der Waals surface area contributed by atoms with Gasteiger partial charge in [-0.25, -0.2) is 14.6 Å². The fraction of sp³-hybridized carbons (Fsp3) is 0.471.